The molecule has 0 amide bonds. The molecule has 0 aliphatic rings. The van der Waals surface area contributed by atoms with E-state index in [9.17, 15) is 0 Å². The van der Waals surface area contributed by atoms with Crippen molar-refractivity contribution in [2.45, 2.75) is 0 Å². The second-order valence-corrected chi connectivity index (χ2v) is 5.24. The third-order valence-electron chi connectivity index (χ3n) is 2.79. The molecule has 0 unspecified atom stereocenters. The minimum atomic E-state index is 0.305. The molecule has 0 atom stereocenters. The van der Waals surface area contributed by atoms with Crippen LogP contribution in [-0.4, -0.2) is 10.2 Å². The maximum absolute atomic E-state index is 6.01. The Labute approximate surface area is 122 Å². The molecule has 3 N–H and O–H groups in total. The third-order valence-corrected chi connectivity index (χ3v) is 3.58. The fraction of sp³-hybridized carbons (Fsp3) is 0. The summed E-state index contributed by atoms with van der Waals surface area (Å²) in [6.45, 7) is 0. The molecule has 19 heavy (non-hydrogen) atoms. The van der Waals surface area contributed by atoms with Crippen molar-refractivity contribution in [3.63, 3.8) is 0 Å². The molecule has 3 aromatic rings. The van der Waals surface area contributed by atoms with Crippen LogP contribution < -0.4 is 5.73 Å². The van der Waals surface area contributed by atoms with E-state index in [0.717, 1.165) is 26.9 Å². The molecule has 0 spiro atoms. The van der Waals surface area contributed by atoms with E-state index in [0.29, 0.717) is 11.0 Å². The first-order valence-electron chi connectivity index (χ1n) is 5.50. The first-order valence-corrected chi connectivity index (χ1v) is 6.67. The molecule has 6 heteroatoms. The number of H-pyrrole nitrogens is 1. The number of nitrogen functional groups attached to an aromatic ring is 1. The number of hydrogen-bond acceptors (Lipinski definition) is 3. The van der Waals surface area contributed by atoms with Crippen LogP contribution in [0.25, 0.3) is 22.4 Å². The fourth-order valence-corrected chi connectivity index (χ4v) is 2.57. The molecule has 0 aliphatic heterocycles. The van der Waals surface area contributed by atoms with Crippen molar-refractivity contribution in [2.75, 3.05) is 5.73 Å². The van der Waals surface area contributed by atoms with E-state index in [-0.39, 0.29) is 0 Å². The van der Waals surface area contributed by atoms with Crippen LogP contribution in [-0.2, 0) is 0 Å². The molecule has 3 rings (SSSR count). The number of nitrogens with zero attached hydrogens (tertiary/aromatic N) is 1. The van der Waals surface area contributed by atoms with Gasteiger partial charge in [-0.05, 0) is 35.4 Å². The maximum Gasteiger partial charge on any atom is 0.202 e. The normalized spacial score (nSPS) is 10.8. The van der Waals surface area contributed by atoms with Gasteiger partial charge in [-0.1, -0.05) is 28.1 Å². The predicted octanol–water partition coefficient (Wildman–Crippen LogP) is 4.33. The Hall–Kier alpha value is -1.72. The highest BCUT2D eigenvalue weighted by Crippen LogP contribution is 2.38. The van der Waals surface area contributed by atoms with Crippen molar-refractivity contribution < 1.29 is 4.42 Å². The number of nitrogens with one attached hydrogen (secondary N) is 1. The molecule has 1 aromatic carbocycles. The number of aromatic amines is 1. The quantitative estimate of drug-likeness (QED) is 0.730. The molecule has 0 bridgehead atoms. The molecule has 4 nitrogen and oxygen atoms in total. The van der Waals surface area contributed by atoms with Gasteiger partial charge in [0.25, 0.3) is 0 Å². The first kappa shape index (κ1) is 12.3. The van der Waals surface area contributed by atoms with Gasteiger partial charge in [0.1, 0.15) is 0 Å². The smallest absolute Gasteiger partial charge is 0.202 e. The van der Waals surface area contributed by atoms with Crippen molar-refractivity contribution >= 4 is 33.3 Å². The Morgan fingerprint density at radius 2 is 2.16 bits per heavy atom. The van der Waals surface area contributed by atoms with Gasteiger partial charge in [0.05, 0.1) is 23.1 Å². The fourth-order valence-electron chi connectivity index (χ4n) is 1.96. The summed E-state index contributed by atoms with van der Waals surface area (Å²) in [5, 5.41) is 7.26. The van der Waals surface area contributed by atoms with Crippen molar-refractivity contribution in [1.29, 1.82) is 0 Å². The van der Waals surface area contributed by atoms with E-state index < -0.39 is 0 Å². The summed E-state index contributed by atoms with van der Waals surface area (Å²) in [6, 6.07) is 9.59. The van der Waals surface area contributed by atoms with Crippen LogP contribution in [0.1, 0.15) is 0 Å². The van der Waals surface area contributed by atoms with E-state index in [1.54, 1.807) is 6.07 Å². The molecule has 0 aliphatic carbocycles. The van der Waals surface area contributed by atoms with E-state index in [1.807, 2.05) is 24.3 Å². The molecule has 0 radical (unpaired) electrons. The summed E-state index contributed by atoms with van der Waals surface area (Å²) in [4.78, 5) is 0. The molecule has 0 fully saturated rings. The number of halogens is 2. The second kappa shape index (κ2) is 4.75. The number of rotatable bonds is 2. The lowest BCUT2D eigenvalue weighted by molar-refractivity contribution is 0.570. The number of aromatic nitrogens is 2. The molecule has 0 saturated carbocycles. The van der Waals surface area contributed by atoms with Crippen LogP contribution in [0, 0.1) is 0 Å². The van der Waals surface area contributed by atoms with Crippen molar-refractivity contribution in [1.82, 2.24) is 10.2 Å². The van der Waals surface area contributed by atoms with Gasteiger partial charge in [0.15, 0.2) is 5.82 Å². The second-order valence-electron chi connectivity index (χ2n) is 3.98. The van der Waals surface area contributed by atoms with E-state index in [1.165, 1.54) is 6.26 Å². The number of furan rings is 1. The number of nitrogens with two attached hydrogens (primary N) is 1. The molecular formula is C13H9BrClN3O. The average Bonchev–Trinajstić information content (AvgIpc) is 2.95. The number of anilines is 1. The van der Waals surface area contributed by atoms with Crippen molar-refractivity contribution in [3.8, 4) is 22.4 Å². The average molecular weight is 339 g/mol. The summed E-state index contributed by atoms with van der Waals surface area (Å²) >= 11 is 9.45. The summed E-state index contributed by atoms with van der Waals surface area (Å²) in [7, 11) is 0. The Bertz CT molecular complexity index is 735. The molecule has 96 valence electrons. The van der Waals surface area contributed by atoms with Gasteiger partial charge in [0, 0.05) is 4.47 Å². The van der Waals surface area contributed by atoms with E-state index >= 15 is 0 Å². The van der Waals surface area contributed by atoms with Crippen molar-refractivity contribution in [3.05, 3.63) is 46.3 Å². The summed E-state index contributed by atoms with van der Waals surface area (Å²) in [5.41, 5.74) is 9.19. The SMILES string of the molecule is Nc1n[nH]c(-c2ccoc2Cl)c1-c1cccc(Br)c1. The van der Waals surface area contributed by atoms with Crippen LogP contribution in [0.2, 0.25) is 5.22 Å². The largest absolute Gasteiger partial charge is 0.452 e. The summed E-state index contributed by atoms with van der Waals surface area (Å²) in [6.07, 6.45) is 1.53. The van der Waals surface area contributed by atoms with E-state index in [4.69, 9.17) is 21.8 Å². The Morgan fingerprint density at radius 3 is 2.84 bits per heavy atom. The Morgan fingerprint density at radius 1 is 1.32 bits per heavy atom. The van der Waals surface area contributed by atoms with Gasteiger partial charge in [-0.25, -0.2) is 0 Å². The lowest BCUT2D eigenvalue weighted by Crippen LogP contribution is -1.88. The van der Waals surface area contributed by atoms with Crippen LogP contribution >= 0.6 is 27.5 Å². The van der Waals surface area contributed by atoms with Gasteiger partial charge in [-0.15, -0.1) is 0 Å². The highest BCUT2D eigenvalue weighted by Gasteiger charge is 2.18. The standard InChI is InChI=1S/C13H9BrClN3O/c14-8-3-1-2-7(6-8)10-11(17-18-13(10)16)9-4-5-19-12(9)15/h1-6H,(H3,16,17,18). The highest BCUT2D eigenvalue weighted by molar-refractivity contribution is 9.10. The molecule has 2 aromatic heterocycles. The van der Waals surface area contributed by atoms with Gasteiger partial charge < -0.3 is 10.2 Å². The van der Waals surface area contributed by atoms with Crippen LogP contribution in [0.4, 0.5) is 5.82 Å². The molecular weight excluding hydrogens is 330 g/mol. The predicted molar refractivity (Wildman–Crippen MR) is 78.8 cm³/mol. The molecule has 2 heterocycles. The first-order chi connectivity index (χ1) is 9.16. The van der Waals surface area contributed by atoms with Crippen LogP contribution in [0.15, 0.2) is 45.5 Å². The van der Waals surface area contributed by atoms with Gasteiger partial charge >= 0.3 is 0 Å². The zero-order valence-corrected chi connectivity index (χ0v) is 12.0. The van der Waals surface area contributed by atoms with E-state index in [2.05, 4.69) is 26.1 Å². The van der Waals surface area contributed by atoms with Crippen molar-refractivity contribution in [2.24, 2.45) is 0 Å². The summed E-state index contributed by atoms with van der Waals surface area (Å²) < 4.78 is 6.08. The number of benzene rings is 1. The zero-order valence-electron chi connectivity index (χ0n) is 9.65. The lowest BCUT2D eigenvalue weighted by Gasteiger charge is -2.04. The maximum atomic E-state index is 6.01. The Balaban J connectivity index is 2.22. The zero-order chi connectivity index (χ0) is 13.4. The topological polar surface area (TPSA) is 67.8 Å². The minimum absolute atomic E-state index is 0.305. The van der Waals surface area contributed by atoms with Gasteiger partial charge in [-0.2, -0.15) is 5.10 Å². The van der Waals surface area contributed by atoms with Gasteiger partial charge in [-0.3, -0.25) is 5.10 Å². The Kier molecular flexibility index (Phi) is 3.08. The van der Waals surface area contributed by atoms with Crippen LogP contribution in [0.5, 0.6) is 0 Å². The monoisotopic (exact) mass is 337 g/mol. The van der Waals surface area contributed by atoms with Gasteiger partial charge in [0.2, 0.25) is 5.22 Å². The lowest BCUT2D eigenvalue weighted by atomic mass is 10.0. The molecule has 0 saturated heterocycles. The number of hydrogen-bond donors (Lipinski definition) is 2. The minimum Gasteiger partial charge on any atom is -0.452 e. The highest BCUT2D eigenvalue weighted by atomic mass is 79.9. The summed E-state index contributed by atoms with van der Waals surface area (Å²) in [5.74, 6) is 0.422. The van der Waals surface area contributed by atoms with Crippen LogP contribution in [0.3, 0.4) is 0 Å². The third kappa shape index (κ3) is 2.15.